The van der Waals surface area contributed by atoms with Crippen LogP contribution in [-0.4, -0.2) is 23.3 Å². The average Bonchev–Trinajstić information content (AvgIpc) is 2.68. The summed E-state index contributed by atoms with van der Waals surface area (Å²) in [5, 5.41) is 8.42. The van der Waals surface area contributed by atoms with Crippen molar-refractivity contribution in [2.75, 3.05) is 6.54 Å². The normalized spacial score (nSPS) is 13.5. The number of hydrogen-bond donors (Lipinski definition) is 0. The number of fused-ring (bicyclic) bond motifs is 1. The standard InChI is InChI=1S/C15H16N2O2/c16-10-6-2-1-3-7-11-17-14(18)12-8-4-5-9-13(12)15(17)19/h4-5,8-9H,1-3,6-7,11H2. The number of nitrogens with zero attached hydrogens (tertiary/aromatic N) is 2. The van der Waals surface area contributed by atoms with Crippen LogP contribution in [-0.2, 0) is 0 Å². The van der Waals surface area contributed by atoms with Crippen LogP contribution in [0, 0.1) is 11.3 Å². The number of benzene rings is 1. The minimum absolute atomic E-state index is 0.183. The Kier molecular flexibility index (Phi) is 4.30. The average molecular weight is 256 g/mol. The van der Waals surface area contributed by atoms with E-state index in [0.717, 1.165) is 25.7 Å². The van der Waals surface area contributed by atoms with Gasteiger partial charge in [0.15, 0.2) is 0 Å². The summed E-state index contributed by atoms with van der Waals surface area (Å²) in [5.41, 5.74) is 1.02. The molecular formula is C15H16N2O2. The lowest BCUT2D eigenvalue weighted by atomic mass is 10.1. The fourth-order valence-corrected chi connectivity index (χ4v) is 2.27. The van der Waals surface area contributed by atoms with E-state index in [4.69, 9.17) is 5.26 Å². The first kappa shape index (κ1) is 13.3. The van der Waals surface area contributed by atoms with E-state index in [2.05, 4.69) is 6.07 Å². The number of hydrogen-bond acceptors (Lipinski definition) is 3. The summed E-state index contributed by atoms with van der Waals surface area (Å²) >= 11 is 0. The first-order valence-corrected chi connectivity index (χ1v) is 6.58. The smallest absolute Gasteiger partial charge is 0.261 e. The molecule has 0 bridgehead atoms. The summed E-state index contributed by atoms with van der Waals surface area (Å²) in [6, 6.07) is 9.05. The third-order valence-corrected chi connectivity index (χ3v) is 3.30. The topological polar surface area (TPSA) is 61.2 Å². The third kappa shape index (κ3) is 2.82. The summed E-state index contributed by atoms with van der Waals surface area (Å²) in [4.78, 5) is 25.4. The predicted molar refractivity (Wildman–Crippen MR) is 70.5 cm³/mol. The van der Waals surface area contributed by atoms with Crippen molar-refractivity contribution in [2.24, 2.45) is 0 Å². The zero-order valence-corrected chi connectivity index (χ0v) is 10.8. The van der Waals surface area contributed by atoms with Crippen LogP contribution in [0.2, 0.25) is 0 Å². The zero-order valence-electron chi connectivity index (χ0n) is 10.8. The summed E-state index contributed by atoms with van der Waals surface area (Å²) in [5.74, 6) is -0.366. The Balaban J connectivity index is 1.85. The first-order valence-electron chi connectivity index (χ1n) is 6.58. The quantitative estimate of drug-likeness (QED) is 0.580. The van der Waals surface area contributed by atoms with Crippen molar-refractivity contribution < 1.29 is 9.59 Å². The molecule has 19 heavy (non-hydrogen) atoms. The van der Waals surface area contributed by atoms with Gasteiger partial charge in [0.2, 0.25) is 0 Å². The number of carbonyl (C=O) groups excluding carboxylic acids is 2. The molecule has 98 valence electrons. The van der Waals surface area contributed by atoms with Gasteiger partial charge < -0.3 is 0 Å². The van der Waals surface area contributed by atoms with Crippen LogP contribution in [0.5, 0.6) is 0 Å². The Labute approximate surface area is 112 Å². The molecule has 1 aromatic carbocycles. The number of nitriles is 1. The molecular weight excluding hydrogens is 240 g/mol. The molecule has 1 heterocycles. The van der Waals surface area contributed by atoms with Gasteiger partial charge in [-0.05, 0) is 25.0 Å². The summed E-state index contributed by atoms with van der Waals surface area (Å²) in [6.45, 7) is 0.471. The minimum atomic E-state index is -0.183. The molecule has 2 amide bonds. The van der Waals surface area contributed by atoms with Crippen molar-refractivity contribution in [3.8, 4) is 6.07 Å². The molecule has 1 aromatic rings. The molecule has 0 saturated heterocycles. The highest BCUT2D eigenvalue weighted by Gasteiger charge is 2.34. The van der Waals surface area contributed by atoms with Crippen molar-refractivity contribution in [3.05, 3.63) is 35.4 Å². The summed E-state index contributed by atoms with van der Waals surface area (Å²) in [6.07, 6.45) is 4.17. The van der Waals surface area contributed by atoms with E-state index in [9.17, 15) is 9.59 Å². The van der Waals surface area contributed by atoms with E-state index in [0.29, 0.717) is 24.1 Å². The van der Waals surface area contributed by atoms with E-state index in [1.165, 1.54) is 4.90 Å². The fourth-order valence-electron chi connectivity index (χ4n) is 2.27. The van der Waals surface area contributed by atoms with Gasteiger partial charge in [0.25, 0.3) is 11.8 Å². The van der Waals surface area contributed by atoms with Crippen LogP contribution in [0.4, 0.5) is 0 Å². The zero-order chi connectivity index (χ0) is 13.7. The van der Waals surface area contributed by atoms with Gasteiger partial charge in [0.1, 0.15) is 0 Å². The SMILES string of the molecule is N#CCCCCCCN1C(=O)c2ccccc2C1=O. The van der Waals surface area contributed by atoms with E-state index in [1.807, 2.05) is 0 Å². The predicted octanol–water partition coefficient (Wildman–Crippen LogP) is 2.76. The van der Waals surface area contributed by atoms with Crippen LogP contribution >= 0.6 is 0 Å². The Morgan fingerprint density at radius 2 is 1.53 bits per heavy atom. The molecule has 0 saturated carbocycles. The second kappa shape index (κ2) is 6.14. The molecule has 0 spiro atoms. The van der Waals surface area contributed by atoms with Crippen LogP contribution in [0.1, 0.15) is 52.8 Å². The Morgan fingerprint density at radius 3 is 2.11 bits per heavy atom. The molecule has 0 atom stereocenters. The van der Waals surface area contributed by atoms with Crippen molar-refractivity contribution in [1.82, 2.24) is 4.90 Å². The Bertz CT molecular complexity index is 496. The third-order valence-electron chi connectivity index (χ3n) is 3.30. The second-order valence-electron chi connectivity index (χ2n) is 4.63. The molecule has 4 nitrogen and oxygen atoms in total. The maximum Gasteiger partial charge on any atom is 0.261 e. The fraction of sp³-hybridized carbons (Fsp3) is 0.400. The van der Waals surface area contributed by atoms with Crippen molar-refractivity contribution in [1.29, 1.82) is 5.26 Å². The molecule has 0 aromatic heterocycles. The molecule has 0 aliphatic carbocycles. The molecule has 0 radical (unpaired) electrons. The van der Waals surface area contributed by atoms with Gasteiger partial charge in [-0.25, -0.2) is 0 Å². The van der Waals surface area contributed by atoms with Gasteiger partial charge in [-0.15, -0.1) is 0 Å². The van der Waals surface area contributed by atoms with E-state index < -0.39 is 0 Å². The Hall–Kier alpha value is -2.15. The Morgan fingerprint density at radius 1 is 0.947 bits per heavy atom. The number of unbranched alkanes of at least 4 members (excludes halogenated alkanes) is 4. The van der Waals surface area contributed by atoms with Crippen LogP contribution in [0.3, 0.4) is 0 Å². The second-order valence-corrected chi connectivity index (χ2v) is 4.63. The van der Waals surface area contributed by atoms with Crippen molar-refractivity contribution in [3.63, 3.8) is 0 Å². The van der Waals surface area contributed by atoms with E-state index in [-0.39, 0.29) is 11.8 Å². The molecule has 0 unspecified atom stereocenters. The highest BCUT2D eigenvalue weighted by molar-refractivity contribution is 6.21. The largest absolute Gasteiger partial charge is 0.274 e. The lowest BCUT2D eigenvalue weighted by Gasteiger charge is -2.13. The number of imide groups is 1. The first-order chi connectivity index (χ1) is 9.25. The minimum Gasteiger partial charge on any atom is -0.274 e. The molecule has 0 fully saturated rings. The van der Waals surface area contributed by atoms with Crippen LogP contribution in [0.25, 0.3) is 0 Å². The van der Waals surface area contributed by atoms with Crippen LogP contribution < -0.4 is 0 Å². The number of carbonyl (C=O) groups is 2. The van der Waals surface area contributed by atoms with Gasteiger partial charge in [-0.2, -0.15) is 5.26 Å². The molecule has 0 N–H and O–H groups in total. The van der Waals surface area contributed by atoms with E-state index >= 15 is 0 Å². The van der Waals surface area contributed by atoms with Gasteiger partial charge in [-0.3, -0.25) is 14.5 Å². The highest BCUT2D eigenvalue weighted by Crippen LogP contribution is 2.22. The summed E-state index contributed by atoms with van der Waals surface area (Å²) in [7, 11) is 0. The number of rotatable bonds is 6. The summed E-state index contributed by atoms with van der Waals surface area (Å²) < 4.78 is 0. The van der Waals surface area contributed by atoms with E-state index in [1.54, 1.807) is 24.3 Å². The lowest BCUT2D eigenvalue weighted by Crippen LogP contribution is -2.30. The van der Waals surface area contributed by atoms with Gasteiger partial charge in [-0.1, -0.05) is 25.0 Å². The maximum atomic E-state index is 12.0. The number of amides is 2. The molecule has 4 heteroatoms. The van der Waals surface area contributed by atoms with Gasteiger partial charge in [0.05, 0.1) is 17.2 Å². The maximum absolute atomic E-state index is 12.0. The lowest BCUT2D eigenvalue weighted by molar-refractivity contribution is 0.0651. The monoisotopic (exact) mass is 256 g/mol. The van der Waals surface area contributed by atoms with Crippen molar-refractivity contribution >= 4 is 11.8 Å². The molecule has 1 aliphatic heterocycles. The van der Waals surface area contributed by atoms with Crippen molar-refractivity contribution in [2.45, 2.75) is 32.1 Å². The van der Waals surface area contributed by atoms with Gasteiger partial charge in [0, 0.05) is 13.0 Å². The molecule has 2 rings (SSSR count). The molecule has 1 aliphatic rings. The van der Waals surface area contributed by atoms with Gasteiger partial charge >= 0.3 is 0 Å². The van der Waals surface area contributed by atoms with Crippen LogP contribution in [0.15, 0.2) is 24.3 Å². The highest BCUT2D eigenvalue weighted by atomic mass is 16.2.